The quantitative estimate of drug-likeness (QED) is 0.0245. The summed E-state index contributed by atoms with van der Waals surface area (Å²) in [6.45, 7) is 6.42. The molecule has 3 atom stereocenters. The van der Waals surface area contributed by atoms with Crippen LogP contribution in [0.15, 0.2) is 60.8 Å². The molecular weight excluding hydrogens is 755 g/mol. The fourth-order valence-electron chi connectivity index (χ4n) is 7.67. The summed E-state index contributed by atoms with van der Waals surface area (Å²) in [6.07, 6.45) is 59.9. The lowest BCUT2D eigenvalue weighted by atomic mass is 10.0. The molecule has 0 spiro atoms. The molecule has 0 aliphatic heterocycles. The SMILES string of the molecule is CCCCC/C=C/C=C/C=C/C=C/CCCCCC(CC(=O)NC(CO)C(O)CCCCCCCCCCCCCCC)OC(=O)CCCCC/C=C\CCCCCCCC. The van der Waals surface area contributed by atoms with E-state index in [1.54, 1.807) is 0 Å². The second-order valence-electron chi connectivity index (χ2n) is 17.7. The van der Waals surface area contributed by atoms with Crippen LogP contribution in [-0.4, -0.2) is 46.9 Å². The van der Waals surface area contributed by atoms with E-state index in [4.69, 9.17) is 4.74 Å². The summed E-state index contributed by atoms with van der Waals surface area (Å²) < 4.78 is 5.91. The molecule has 3 unspecified atom stereocenters. The van der Waals surface area contributed by atoms with Crippen molar-refractivity contribution in [1.82, 2.24) is 5.32 Å². The minimum Gasteiger partial charge on any atom is -0.462 e. The number of carbonyl (C=O) groups is 2. The van der Waals surface area contributed by atoms with Crippen LogP contribution < -0.4 is 5.32 Å². The van der Waals surface area contributed by atoms with E-state index < -0.39 is 18.2 Å². The van der Waals surface area contributed by atoms with Crippen LogP contribution in [-0.2, 0) is 14.3 Å². The molecule has 0 bridgehead atoms. The maximum absolute atomic E-state index is 13.2. The molecule has 0 aliphatic carbocycles. The van der Waals surface area contributed by atoms with Crippen molar-refractivity contribution < 1.29 is 24.5 Å². The van der Waals surface area contributed by atoms with E-state index in [9.17, 15) is 19.8 Å². The fraction of sp³-hybridized carbons (Fsp3) is 0.782. The molecule has 1 amide bonds. The predicted molar refractivity (Wildman–Crippen MR) is 264 cm³/mol. The zero-order chi connectivity index (χ0) is 44.5. The Bertz CT molecular complexity index is 1090. The van der Waals surface area contributed by atoms with Crippen molar-refractivity contribution in [3.8, 4) is 0 Å². The monoisotopic (exact) mass is 854 g/mol. The van der Waals surface area contributed by atoms with Gasteiger partial charge in [-0.1, -0.05) is 223 Å². The van der Waals surface area contributed by atoms with E-state index in [0.29, 0.717) is 19.3 Å². The second kappa shape index (κ2) is 48.6. The Hall–Kier alpha value is -2.44. The van der Waals surface area contributed by atoms with E-state index in [-0.39, 0.29) is 24.9 Å². The Balaban J connectivity index is 4.70. The summed E-state index contributed by atoms with van der Waals surface area (Å²) in [6, 6.07) is -0.718. The highest BCUT2D eigenvalue weighted by atomic mass is 16.5. The maximum atomic E-state index is 13.2. The molecule has 0 saturated heterocycles. The summed E-state index contributed by atoms with van der Waals surface area (Å²) in [5.41, 5.74) is 0. The number of ether oxygens (including phenoxy) is 1. The number of esters is 1. The number of aliphatic hydroxyl groups excluding tert-OH is 2. The van der Waals surface area contributed by atoms with Crippen molar-refractivity contribution in [2.45, 2.75) is 270 Å². The molecule has 6 nitrogen and oxygen atoms in total. The van der Waals surface area contributed by atoms with Crippen molar-refractivity contribution in [1.29, 1.82) is 0 Å². The number of hydrogen-bond acceptors (Lipinski definition) is 5. The van der Waals surface area contributed by atoms with Gasteiger partial charge >= 0.3 is 5.97 Å². The van der Waals surface area contributed by atoms with Crippen LogP contribution in [0.25, 0.3) is 0 Å². The molecular formula is C55H99NO5. The zero-order valence-electron chi connectivity index (χ0n) is 40.3. The van der Waals surface area contributed by atoms with Crippen LogP contribution in [0, 0.1) is 0 Å². The second-order valence-corrected chi connectivity index (χ2v) is 17.7. The van der Waals surface area contributed by atoms with Gasteiger partial charge in [-0.15, -0.1) is 0 Å². The predicted octanol–water partition coefficient (Wildman–Crippen LogP) is 15.6. The van der Waals surface area contributed by atoms with Gasteiger partial charge < -0.3 is 20.3 Å². The lowest BCUT2D eigenvalue weighted by molar-refractivity contribution is -0.151. The van der Waals surface area contributed by atoms with Crippen LogP contribution in [0.5, 0.6) is 0 Å². The first kappa shape index (κ1) is 58.6. The van der Waals surface area contributed by atoms with Gasteiger partial charge in [-0.2, -0.15) is 0 Å². The summed E-state index contributed by atoms with van der Waals surface area (Å²) in [4.78, 5) is 26.1. The molecule has 0 rings (SSSR count). The lowest BCUT2D eigenvalue weighted by Crippen LogP contribution is -2.46. The molecule has 0 saturated carbocycles. The van der Waals surface area contributed by atoms with E-state index in [1.165, 1.54) is 122 Å². The molecule has 0 aromatic carbocycles. The first-order chi connectivity index (χ1) is 30.0. The lowest BCUT2D eigenvalue weighted by Gasteiger charge is -2.24. The van der Waals surface area contributed by atoms with Gasteiger partial charge in [-0.3, -0.25) is 9.59 Å². The summed E-state index contributed by atoms with van der Waals surface area (Å²) in [7, 11) is 0. The van der Waals surface area contributed by atoms with Crippen LogP contribution in [0.3, 0.4) is 0 Å². The van der Waals surface area contributed by atoms with Crippen molar-refractivity contribution in [3.63, 3.8) is 0 Å². The van der Waals surface area contributed by atoms with Gasteiger partial charge in [0, 0.05) is 6.42 Å². The molecule has 354 valence electrons. The van der Waals surface area contributed by atoms with E-state index in [2.05, 4.69) is 80.8 Å². The van der Waals surface area contributed by atoms with Crippen LogP contribution in [0.4, 0.5) is 0 Å². The average Bonchev–Trinajstić information content (AvgIpc) is 3.25. The van der Waals surface area contributed by atoms with E-state index in [0.717, 1.165) is 83.5 Å². The molecule has 6 heteroatoms. The minimum absolute atomic E-state index is 0.0449. The number of unbranched alkanes of at least 4 members (excludes halogenated alkanes) is 27. The fourth-order valence-corrected chi connectivity index (χ4v) is 7.67. The molecule has 3 N–H and O–H groups in total. The molecule has 0 fully saturated rings. The standard InChI is InChI=1S/C55H99NO5/c1-4-7-10-13-16-19-22-25-26-27-30-31-34-37-40-43-46-51(61-55(60)48-45-42-39-36-33-29-24-21-18-15-12-9-6-3)49-54(59)56-52(50-57)53(58)47-44-41-38-35-32-28-23-20-17-14-11-8-5-2/h16,19,22,25-27,29-31,33,51-53,57-58H,4-15,17-18,20-21,23-24,28,32,34-50H2,1-3H3,(H,56,59)/b19-16+,25-22+,27-26+,31-30+,33-29-. The molecule has 61 heavy (non-hydrogen) atoms. The summed E-state index contributed by atoms with van der Waals surface area (Å²) >= 11 is 0. The van der Waals surface area contributed by atoms with Crippen molar-refractivity contribution in [2.24, 2.45) is 0 Å². The van der Waals surface area contributed by atoms with Crippen molar-refractivity contribution in [3.05, 3.63) is 60.8 Å². The number of amides is 1. The number of hydrogen-bond donors (Lipinski definition) is 3. The molecule has 0 radical (unpaired) electrons. The Morgan fingerprint density at radius 3 is 1.36 bits per heavy atom. The Kier molecular flexibility index (Phi) is 46.6. The van der Waals surface area contributed by atoms with Crippen LogP contribution >= 0.6 is 0 Å². The maximum Gasteiger partial charge on any atom is 0.306 e. The smallest absolute Gasteiger partial charge is 0.306 e. The number of aliphatic hydroxyl groups is 2. The van der Waals surface area contributed by atoms with Gasteiger partial charge in [0.2, 0.25) is 5.91 Å². The van der Waals surface area contributed by atoms with Gasteiger partial charge in [0.05, 0.1) is 25.2 Å². The molecule has 0 aromatic rings. The van der Waals surface area contributed by atoms with Gasteiger partial charge in [0.25, 0.3) is 0 Å². The third-order valence-electron chi connectivity index (χ3n) is 11.7. The number of rotatable bonds is 46. The van der Waals surface area contributed by atoms with Gasteiger partial charge in [-0.25, -0.2) is 0 Å². The number of nitrogens with one attached hydrogen (secondary N) is 1. The average molecular weight is 854 g/mol. The Morgan fingerprint density at radius 1 is 0.475 bits per heavy atom. The van der Waals surface area contributed by atoms with E-state index in [1.807, 2.05) is 6.08 Å². The first-order valence-corrected chi connectivity index (χ1v) is 26.1. The third kappa shape index (κ3) is 44.0. The zero-order valence-corrected chi connectivity index (χ0v) is 40.3. The highest BCUT2D eigenvalue weighted by Crippen LogP contribution is 2.17. The number of carbonyl (C=O) groups excluding carboxylic acids is 2. The summed E-state index contributed by atoms with van der Waals surface area (Å²) in [5, 5.41) is 23.8. The van der Waals surface area contributed by atoms with Crippen LogP contribution in [0.2, 0.25) is 0 Å². The highest BCUT2D eigenvalue weighted by molar-refractivity contribution is 5.77. The molecule has 0 aliphatic rings. The van der Waals surface area contributed by atoms with Gasteiger partial charge in [0.15, 0.2) is 0 Å². The Labute approximate surface area is 378 Å². The van der Waals surface area contributed by atoms with Gasteiger partial charge in [0.1, 0.15) is 6.10 Å². The summed E-state index contributed by atoms with van der Waals surface area (Å²) in [5.74, 6) is -0.530. The Morgan fingerprint density at radius 2 is 0.852 bits per heavy atom. The van der Waals surface area contributed by atoms with Crippen LogP contribution in [0.1, 0.15) is 252 Å². The van der Waals surface area contributed by atoms with Gasteiger partial charge in [-0.05, 0) is 77.0 Å². The van der Waals surface area contributed by atoms with E-state index >= 15 is 0 Å². The van der Waals surface area contributed by atoms with Crippen molar-refractivity contribution >= 4 is 11.9 Å². The normalized spacial score (nSPS) is 13.7. The highest BCUT2D eigenvalue weighted by Gasteiger charge is 2.24. The molecule has 0 aromatic heterocycles. The minimum atomic E-state index is -0.802. The number of allylic oxidation sites excluding steroid dienone is 10. The molecule has 0 heterocycles. The van der Waals surface area contributed by atoms with Crippen molar-refractivity contribution in [2.75, 3.05) is 6.61 Å². The largest absolute Gasteiger partial charge is 0.462 e. The first-order valence-electron chi connectivity index (χ1n) is 26.1. The third-order valence-corrected chi connectivity index (χ3v) is 11.7. The topological polar surface area (TPSA) is 95.9 Å².